The van der Waals surface area contributed by atoms with E-state index in [1.54, 1.807) is 0 Å². The predicted octanol–water partition coefficient (Wildman–Crippen LogP) is 2.01. The highest BCUT2D eigenvalue weighted by atomic mass is 16.2. The first-order chi connectivity index (χ1) is 12.6. The van der Waals surface area contributed by atoms with Crippen LogP contribution in [0.1, 0.15) is 52.4 Å². The summed E-state index contributed by atoms with van der Waals surface area (Å²) in [6.07, 6.45) is 7.02. The minimum atomic E-state index is -0.0140. The molecule has 1 saturated heterocycles. The van der Waals surface area contributed by atoms with Crippen molar-refractivity contribution in [3.63, 3.8) is 0 Å². The lowest BCUT2D eigenvalue weighted by Gasteiger charge is -2.31. The lowest BCUT2D eigenvalue weighted by molar-refractivity contribution is -0.364. The van der Waals surface area contributed by atoms with Crippen LogP contribution in [0.25, 0.3) is 0 Å². The third kappa shape index (κ3) is 6.65. The molecule has 2 heterocycles. The summed E-state index contributed by atoms with van der Waals surface area (Å²) in [4.78, 5) is 31.7. The monoisotopic (exact) mass is 361 g/mol. The summed E-state index contributed by atoms with van der Waals surface area (Å²) in [5, 5.41) is 3.00. The SMILES string of the molecule is CCCCC[C@@H](C)NC(=O)CCC(=O)N1CCN(c2cccc[nH+]2)CC1. The van der Waals surface area contributed by atoms with Crippen molar-refractivity contribution >= 4 is 17.6 Å². The zero-order valence-electron chi connectivity index (χ0n) is 16.2. The largest absolute Gasteiger partial charge is 0.354 e. The zero-order valence-corrected chi connectivity index (χ0v) is 16.2. The molecule has 0 unspecified atom stereocenters. The summed E-state index contributed by atoms with van der Waals surface area (Å²) in [6, 6.07) is 6.20. The number of hydrogen-bond donors (Lipinski definition) is 1. The molecule has 0 saturated carbocycles. The maximum atomic E-state index is 12.4. The number of aromatic amines is 1. The number of aromatic nitrogens is 1. The first kappa shape index (κ1) is 20.2. The van der Waals surface area contributed by atoms with Crippen LogP contribution in [0.5, 0.6) is 0 Å². The van der Waals surface area contributed by atoms with Gasteiger partial charge in [-0.1, -0.05) is 32.3 Å². The average Bonchev–Trinajstić information content (AvgIpc) is 2.67. The highest BCUT2D eigenvalue weighted by molar-refractivity contribution is 5.84. The number of H-pyrrole nitrogens is 1. The van der Waals surface area contributed by atoms with E-state index in [9.17, 15) is 9.59 Å². The second-order valence-electron chi connectivity index (χ2n) is 7.08. The van der Waals surface area contributed by atoms with Gasteiger partial charge in [0.15, 0.2) is 0 Å². The van der Waals surface area contributed by atoms with E-state index in [1.165, 1.54) is 12.8 Å². The predicted molar refractivity (Wildman–Crippen MR) is 103 cm³/mol. The molecule has 0 radical (unpaired) electrons. The normalized spacial score (nSPS) is 15.6. The quantitative estimate of drug-likeness (QED) is 0.684. The maximum Gasteiger partial charge on any atom is 0.274 e. The number of piperazine rings is 1. The van der Waals surface area contributed by atoms with Crippen LogP contribution in [0.3, 0.4) is 0 Å². The molecule has 26 heavy (non-hydrogen) atoms. The van der Waals surface area contributed by atoms with Crippen LogP contribution < -0.4 is 15.2 Å². The van der Waals surface area contributed by atoms with E-state index in [-0.39, 0.29) is 24.3 Å². The molecule has 1 aliphatic heterocycles. The third-order valence-electron chi connectivity index (χ3n) is 4.88. The Bertz CT molecular complexity index is 556. The van der Waals surface area contributed by atoms with Crippen molar-refractivity contribution in [2.75, 3.05) is 31.1 Å². The molecule has 1 fully saturated rings. The number of anilines is 1. The van der Waals surface area contributed by atoms with Gasteiger partial charge in [0.05, 0.1) is 19.3 Å². The minimum absolute atomic E-state index is 0.0140. The van der Waals surface area contributed by atoms with Gasteiger partial charge in [0.25, 0.3) is 5.82 Å². The number of unbranched alkanes of at least 4 members (excludes halogenated alkanes) is 2. The topological polar surface area (TPSA) is 66.8 Å². The minimum Gasteiger partial charge on any atom is -0.354 e. The van der Waals surface area contributed by atoms with Crippen LogP contribution in [0.15, 0.2) is 24.4 Å². The molecule has 2 rings (SSSR count). The number of hydrogen-bond acceptors (Lipinski definition) is 3. The maximum absolute atomic E-state index is 12.4. The van der Waals surface area contributed by atoms with E-state index in [1.807, 2.05) is 36.2 Å². The fourth-order valence-electron chi connectivity index (χ4n) is 3.28. The van der Waals surface area contributed by atoms with Crippen molar-refractivity contribution in [3.05, 3.63) is 24.4 Å². The lowest BCUT2D eigenvalue weighted by atomic mass is 10.1. The third-order valence-corrected chi connectivity index (χ3v) is 4.88. The van der Waals surface area contributed by atoms with E-state index < -0.39 is 0 Å². The summed E-state index contributed by atoms with van der Waals surface area (Å²) >= 11 is 0. The van der Waals surface area contributed by atoms with Crippen LogP contribution in [-0.2, 0) is 9.59 Å². The fraction of sp³-hybridized carbons (Fsp3) is 0.650. The highest BCUT2D eigenvalue weighted by Gasteiger charge is 2.26. The number of rotatable bonds is 9. The molecule has 1 aromatic heterocycles. The second kappa shape index (κ2) is 10.8. The summed E-state index contributed by atoms with van der Waals surface area (Å²) in [5.74, 6) is 1.14. The molecule has 6 nitrogen and oxygen atoms in total. The number of nitrogens with one attached hydrogen (secondary N) is 2. The Morgan fingerprint density at radius 1 is 1.15 bits per heavy atom. The Hall–Kier alpha value is -2.11. The van der Waals surface area contributed by atoms with Gasteiger partial charge in [0.2, 0.25) is 11.8 Å². The smallest absolute Gasteiger partial charge is 0.274 e. The molecular formula is C20H33N4O2+. The fourth-order valence-corrected chi connectivity index (χ4v) is 3.28. The molecule has 0 aromatic carbocycles. The van der Waals surface area contributed by atoms with Crippen LogP contribution in [0.2, 0.25) is 0 Å². The van der Waals surface area contributed by atoms with Gasteiger partial charge in [-0.25, -0.2) is 4.98 Å². The van der Waals surface area contributed by atoms with Crippen LogP contribution >= 0.6 is 0 Å². The average molecular weight is 362 g/mol. The highest BCUT2D eigenvalue weighted by Crippen LogP contribution is 2.11. The van der Waals surface area contributed by atoms with E-state index in [0.29, 0.717) is 19.5 Å². The van der Waals surface area contributed by atoms with E-state index in [4.69, 9.17) is 0 Å². The number of amides is 2. The molecule has 2 amide bonds. The summed E-state index contributed by atoms with van der Waals surface area (Å²) in [5.41, 5.74) is 0. The van der Waals surface area contributed by atoms with Gasteiger partial charge in [0.1, 0.15) is 13.1 Å². The second-order valence-corrected chi connectivity index (χ2v) is 7.08. The molecule has 6 heteroatoms. The number of carbonyl (C=O) groups is 2. The Balaban J connectivity index is 1.65. The Kier molecular flexibility index (Phi) is 8.38. The summed E-state index contributed by atoms with van der Waals surface area (Å²) < 4.78 is 0. The molecule has 0 spiro atoms. The van der Waals surface area contributed by atoms with E-state index in [2.05, 4.69) is 22.1 Å². The number of nitrogens with zero attached hydrogens (tertiary/aromatic N) is 2. The van der Waals surface area contributed by atoms with Gasteiger partial charge in [-0.05, 0) is 19.4 Å². The Morgan fingerprint density at radius 2 is 1.92 bits per heavy atom. The molecular weight excluding hydrogens is 328 g/mol. The van der Waals surface area contributed by atoms with Crippen molar-refractivity contribution < 1.29 is 14.6 Å². The van der Waals surface area contributed by atoms with Crippen LogP contribution in [-0.4, -0.2) is 48.9 Å². The van der Waals surface area contributed by atoms with Crippen molar-refractivity contribution in [2.45, 2.75) is 58.4 Å². The number of pyridine rings is 1. The van der Waals surface area contributed by atoms with Gasteiger partial charge in [-0.2, -0.15) is 0 Å². The van der Waals surface area contributed by atoms with Crippen LogP contribution in [0, 0.1) is 0 Å². The number of carbonyl (C=O) groups excluding carboxylic acids is 2. The van der Waals surface area contributed by atoms with Crippen molar-refractivity contribution in [1.82, 2.24) is 10.2 Å². The zero-order chi connectivity index (χ0) is 18.8. The molecule has 0 aliphatic carbocycles. The lowest BCUT2D eigenvalue weighted by Crippen LogP contribution is -2.50. The Labute approximate surface area is 157 Å². The van der Waals surface area contributed by atoms with Crippen molar-refractivity contribution in [1.29, 1.82) is 0 Å². The van der Waals surface area contributed by atoms with E-state index >= 15 is 0 Å². The molecule has 144 valence electrons. The Morgan fingerprint density at radius 3 is 2.58 bits per heavy atom. The van der Waals surface area contributed by atoms with Gasteiger partial charge in [-0.15, -0.1) is 0 Å². The van der Waals surface area contributed by atoms with Gasteiger partial charge in [-0.3, -0.25) is 14.5 Å². The first-order valence-corrected chi connectivity index (χ1v) is 9.89. The van der Waals surface area contributed by atoms with Gasteiger partial charge >= 0.3 is 0 Å². The molecule has 2 N–H and O–H groups in total. The first-order valence-electron chi connectivity index (χ1n) is 9.89. The standard InChI is InChI=1S/C20H32N4O2/c1-3-4-5-8-17(2)22-19(25)10-11-20(26)24-15-13-23(14-16-24)18-9-6-7-12-21-18/h6-7,9,12,17H,3-5,8,10-11,13-16H2,1-2H3,(H,22,25)/p+1/t17-/m1/s1. The van der Waals surface area contributed by atoms with Gasteiger partial charge in [0, 0.05) is 24.9 Å². The molecule has 1 aliphatic rings. The van der Waals surface area contributed by atoms with Crippen molar-refractivity contribution in [3.8, 4) is 0 Å². The molecule has 1 aromatic rings. The van der Waals surface area contributed by atoms with Crippen LogP contribution in [0.4, 0.5) is 5.82 Å². The molecule has 0 bridgehead atoms. The van der Waals surface area contributed by atoms with Crippen molar-refractivity contribution in [2.24, 2.45) is 0 Å². The summed E-state index contributed by atoms with van der Waals surface area (Å²) in [7, 11) is 0. The van der Waals surface area contributed by atoms with E-state index in [0.717, 1.165) is 31.7 Å². The van der Waals surface area contributed by atoms with Gasteiger partial charge < -0.3 is 10.2 Å². The molecule has 1 atom stereocenters. The summed E-state index contributed by atoms with van der Waals surface area (Å²) in [6.45, 7) is 7.25.